The molecule has 1 fully saturated rings. The van der Waals surface area contributed by atoms with E-state index in [1.165, 1.54) is 0 Å². The van der Waals surface area contributed by atoms with E-state index in [9.17, 15) is 9.59 Å². The van der Waals surface area contributed by atoms with Gasteiger partial charge in [-0.2, -0.15) is 0 Å². The zero-order valence-corrected chi connectivity index (χ0v) is 15.8. The van der Waals surface area contributed by atoms with Crippen molar-refractivity contribution in [3.8, 4) is 0 Å². The van der Waals surface area contributed by atoms with Crippen LogP contribution < -0.4 is 10.2 Å². The van der Waals surface area contributed by atoms with E-state index in [0.717, 1.165) is 28.8 Å². The third-order valence-corrected chi connectivity index (χ3v) is 5.25. The average molecular weight is 371 g/mol. The standard InChI is InChI=1S/C21H23ClN2O2/c1-3-15-9-6-7-14(2)20(15)24-13-17(11-19(24)25)21(26)23-12-16-8-4-5-10-18(16)22/h4-10,17H,3,11-13H2,1-2H3,(H,23,26). The summed E-state index contributed by atoms with van der Waals surface area (Å²) in [5.41, 5.74) is 4.03. The van der Waals surface area contributed by atoms with Gasteiger partial charge >= 0.3 is 0 Å². The first-order valence-corrected chi connectivity index (χ1v) is 9.29. The summed E-state index contributed by atoms with van der Waals surface area (Å²) >= 11 is 6.13. The molecule has 2 aromatic rings. The van der Waals surface area contributed by atoms with E-state index in [2.05, 4.69) is 12.2 Å². The molecule has 1 heterocycles. The van der Waals surface area contributed by atoms with Crippen LogP contribution in [0.5, 0.6) is 0 Å². The number of aryl methyl sites for hydroxylation is 2. The number of nitrogens with zero attached hydrogens (tertiary/aromatic N) is 1. The summed E-state index contributed by atoms with van der Waals surface area (Å²) in [5, 5.41) is 3.54. The van der Waals surface area contributed by atoms with Crippen molar-refractivity contribution >= 4 is 29.1 Å². The second-order valence-electron chi connectivity index (χ2n) is 6.65. The number of anilines is 1. The van der Waals surface area contributed by atoms with Gasteiger partial charge in [0.1, 0.15) is 0 Å². The Kier molecular flexibility index (Phi) is 5.62. The molecule has 0 radical (unpaired) electrons. The van der Waals surface area contributed by atoms with Gasteiger partial charge in [-0.05, 0) is 36.1 Å². The Morgan fingerprint density at radius 3 is 2.65 bits per heavy atom. The zero-order valence-electron chi connectivity index (χ0n) is 15.1. The van der Waals surface area contributed by atoms with Gasteiger partial charge in [-0.1, -0.05) is 54.9 Å². The third kappa shape index (κ3) is 3.75. The summed E-state index contributed by atoms with van der Waals surface area (Å²) in [7, 11) is 0. The normalized spacial score (nSPS) is 16.8. The van der Waals surface area contributed by atoms with Crippen molar-refractivity contribution < 1.29 is 9.59 Å². The Morgan fingerprint density at radius 2 is 1.92 bits per heavy atom. The SMILES string of the molecule is CCc1cccc(C)c1N1CC(C(=O)NCc2ccccc2Cl)CC1=O. The highest BCUT2D eigenvalue weighted by atomic mass is 35.5. The molecule has 1 aliphatic rings. The monoisotopic (exact) mass is 370 g/mol. The van der Waals surface area contributed by atoms with Gasteiger partial charge in [-0.25, -0.2) is 0 Å². The second kappa shape index (κ2) is 7.92. The highest BCUT2D eigenvalue weighted by Gasteiger charge is 2.36. The molecule has 0 aromatic heterocycles. The van der Waals surface area contributed by atoms with E-state index >= 15 is 0 Å². The Hall–Kier alpha value is -2.33. The van der Waals surface area contributed by atoms with Crippen LogP contribution in [0.2, 0.25) is 5.02 Å². The topological polar surface area (TPSA) is 49.4 Å². The van der Waals surface area contributed by atoms with Gasteiger partial charge in [-0.3, -0.25) is 9.59 Å². The lowest BCUT2D eigenvalue weighted by molar-refractivity contribution is -0.126. The molecule has 1 saturated heterocycles. The van der Waals surface area contributed by atoms with Crippen molar-refractivity contribution in [1.29, 1.82) is 0 Å². The fourth-order valence-electron chi connectivity index (χ4n) is 3.46. The number of halogens is 1. The lowest BCUT2D eigenvalue weighted by Crippen LogP contribution is -2.33. The van der Waals surface area contributed by atoms with E-state index < -0.39 is 0 Å². The molecule has 1 unspecified atom stereocenters. The summed E-state index contributed by atoms with van der Waals surface area (Å²) in [4.78, 5) is 26.9. The summed E-state index contributed by atoms with van der Waals surface area (Å²) in [5.74, 6) is -0.436. The van der Waals surface area contributed by atoms with Gasteiger partial charge in [-0.15, -0.1) is 0 Å². The van der Waals surface area contributed by atoms with E-state index in [0.29, 0.717) is 18.1 Å². The Labute approximate surface area is 159 Å². The zero-order chi connectivity index (χ0) is 18.7. The minimum atomic E-state index is -0.339. The third-order valence-electron chi connectivity index (χ3n) is 4.88. The number of amides is 2. The molecule has 5 heteroatoms. The maximum absolute atomic E-state index is 12.6. The Balaban J connectivity index is 1.70. The molecule has 1 atom stereocenters. The maximum atomic E-state index is 12.6. The molecule has 1 aliphatic heterocycles. The first-order chi connectivity index (χ1) is 12.5. The van der Waals surface area contributed by atoms with Gasteiger partial charge < -0.3 is 10.2 Å². The van der Waals surface area contributed by atoms with Crippen LogP contribution in [0, 0.1) is 12.8 Å². The minimum absolute atomic E-state index is 0.00638. The van der Waals surface area contributed by atoms with Crippen LogP contribution in [0.4, 0.5) is 5.69 Å². The minimum Gasteiger partial charge on any atom is -0.352 e. The van der Waals surface area contributed by atoms with Crippen molar-refractivity contribution in [3.63, 3.8) is 0 Å². The van der Waals surface area contributed by atoms with Crippen molar-refractivity contribution in [2.75, 3.05) is 11.4 Å². The van der Waals surface area contributed by atoms with Gasteiger partial charge in [0, 0.05) is 30.2 Å². The fraction of sp³-hybridized carbons (Fsp3) is 0.333. The predicted octanol–water partition coefficient (Wildman–Crippen LogP) is 3.88. The van der Waals surface area contributed by atoms with Gasteiger partial charge in [0.15, 0.2) is 0 Å². The van der Waals surface area contributed by atoms with Crippen LogP contribution in [0.25, 0.3) is 0 Å². The molecule has 136 valence electrons. The van der Waals surface area contributed by atoms with Crippen LogP contribution >= 0.6 is 11.6 Å². The smallest absolute Gasteiger partial charge is 0.227 e. The van der Waals surface area contributed by atoms with Crippen LogP contribution in [-0.2, 0) is 22.6 Å². The maximum Gasteiger partial charge on any atom is 0.227 e. The number of carbonyl (C=O) groups excluding carboxylic acids is 2. The molecular formula is C21H23ClN2O2. The van der Waals surface area contributed by atoms with Crippen molar-refractivity contribution in [2.45, 2.75) is 33.2 Å². The molecule has 3 rings (SSSR count). The predicted molar refractivity (Wildman–Crippen MR) is 104 cm³/mol. The molecule has 0 saturated carbocycles. The van der Waals surface area contributed by atoms with Gasteiger partial charge in [0.25, 0.3) is 0 Å². The number of carbonyl (C=O) groups is 2. The molecular weight excluding hydrogens is 348 g/mol. The number of hydrogen-bond donors (Lipinski definition) is 1. The summed E-state index contributed by atoms with van der Waals surface area (Å²) in [6.45, 7) is 4.87. The quantitative estimate of drug-likeness (QED) is 0.868. The lowest BCUT2D eigenvalue weighted by Gasteiger charge is -2.22. The first kappa shape index (κ1) is 18.5. The van der Waals surface area contributed by atoms with Gasteiger partial charge in [0.05, 0.1) is 5.92 Å². The van der Waals surface area contributed by atoms with Crippen molar-refractivity contribution in [2.24, 2.45) is 5.92 Å². The Morgan fingerprint density at radius 1 is 1.19 bits per heavy atom. The second-order valence-corrected chi connectivity index (χ2v) is 7.06. The van der Waals surface area contributed by atoms with E-state index in [1.54, 1.807) is 11.0 Å². The number of nitrogens with one attached hydrogen (secondary N) is 1. The average Bonchev–Trinajstić information content (AvgIpc) is 3.02. The Bertz CT molecular complexity index is 835. The molecule has 0 aliphatic carbocycles. The molecule has 0 bridgehead atoms. The number of hydrogen-bond acceptors (Lipinski definition) is 2. The molecule has 2 aromatic carbocycles. The first-order valence-electron chi connectivity index (χ1n) is 8.91. The molecule has 1 N–H and O–H groups in total. The van der Waals surface area contributed by atoms with Crippen molar-refractivity contribution in [1.82, 2.24) is 5.32 Å². The number of benzene rings is 2. The van der Waals surface area contributed by atoms with Gasteiger partial charge in [0.2, 0.25) is 11.8 Å². The van der Waals surface area contributed by atoms with Crippen LogP contribution in [0.1, 0.15) is 30.0 Å². The molecule has 26 heavy (non-hydrogen) atoms. The highest BCUT2D eigenvalue weighted by Crippen LogP contribution is 2.31. The lowest BCUT2D eigenvalue weighted by atomic mass is 10.0. The van der Waals surface area contributed by atoms with Crippen LogP contribution in [0.3, 0.4) is 0 Å². The largest absolute Gasteiger partial charge is 0.352 e. The van der Waals surface area contributed by atoms with E-state index in [4.69, 9.17) is 11.6 Å². The van der Waals surface area contributed by atoms with Crippen molar-refractivity contribution in [3.05, 3.63) is 64.2 Å². The molecule has 0 spiro atoms. The molecule has 4 nitrogen and oxygen atoms in total. The van der Waals surface area contributed by atoms with Crippen LogP contribution in [-0.4, -0.2) is 18.4 Å². The van der Waals surface area contributed by atoms with E-state index in [-0.39, 0.29) is 24.2 Å². The number of para-hydroxylation sites is 1. The fourth-order valence-corrected chi connectivity index (χ4v) is 3.66. The summed E-state index contributed by atoms with van der Waals surface area (Å²) in [6.07, 6.45) is 1.09. The highest BCUT2D eigenvalue weighted by molar-refractivity contribution is 6.31. The number of rotatable bonds is 5. The van der Waals surface area contributed by atoms with E-state index in [1.807, 2.05) is 43.3 Å². The summed E-state index contributed by atoms with van der Waals surface area (Å²) < 4.78 is 0. The summed E-state index contributed by atoms with van der Waals surface area (Å²) in [6, 6.07) is 13.5. The molecule has 2 amide bonds. The van der Waals surface area contributed by atoms with Crippen LogP contribution in [0.15, 0.2) is 42.5 Å².